The third kappa shape index (κ3) is 2.12. The van der Waals surface area contributed by atoms with Gasteiger partial charge < -0.3 is 0 Å². The number of rotatable bonds is 0. The summed E-state index contributed by atoms with van der Waals surface area (Å²) in [5, 5.41) is 0. The van der Waals surface area contributed by atoms with Crippen molar-refractivity contribution in [3.63, 3.8) is 0 Å². The first kappa shape index (κ1) is 14.2. The molecule has 0 amide bonds. The van der Waals surface area contributed by atoms with Crippen LogP contribution >= 0.6 is 0 Å². The molecule has 0 heteroatoms. The Balaban J connectivity index is 0.000000581. The molecule has 0 radical (unpaired) electrons. The average molecular weight is 270 g/mol. The predicted octanol–water partition coefficient (Wildman–Crippen LogP) is 5.96. The molecule has 0 spiro atoms. The van der Waals surface area contributed by atoms with Crippen molar-refractivity contribution in [3.05, 3.63) is 35.4 Å². The van der Waals surface area contributed by atoms with E-state index in [-0.39, 0.29) is 0 Å². The molecule has 0 bridgehead atoms. The molecule has 1 aromatic rings. The highest BCUT2D eigenvalue weighted by Crippen LogP contribution is 2.60. The number of hydrogen-bond acceptors (Lipinski definition) is 0. The first-order chi connectivity index (χ1) is 9.78. The third-order valence-electron chi connectivity index (χ3n) is 6.42. The maximum atomic E-state index is 2.58. The van der Waals surface area contributed by atoms with Crippen molar-refractivity contribution in [2.75, 3.05) is 0 Å². The van der Waals surface area contributed by atoms with Gasteiger partial charge in [-0.25, -0.2) is 0 Å². The highest BCUT2D eigenvalue weighted by molar-refractivity contribution is 5.34. The lowest BCUT2D eigenvalue weighted by Crippen LogP contribution is -2.39. The Morgan fingerprint density at radius 3 is 2.65 bits per heavy atom. The van der Waals surface area contributed by atoms with Gasteiger partial charge in [-0.1, -0.05) is 51.5 Å². The Kier molecular flexibility index (Phi) is 3.93. The van der Waals surface area contributed by atoms with Gasteiger partial charge in [-0.2, -0.15) is 0 Å². The molecule has 0 aliphatic heterocycles. The van der Waals surface area contributed by atoms with Crippen LogP contribution in [-0.4, -0.2) is 0 Å². The van der Waals surface area contributed by atoms with Crippen LogP contribution in [0.5, 0.6) is 0 Å². The molecule has 3 aliphatic carbocycles. The minimum atomic E-state index is 0.702. The highest BCUT2D eigenvalue weighted by atomic mass is 14.5. The summed E-state index contributed by atoms with van der Waals surface area (Å²) in [4.78, 5) is 0. The van der Waals surface area contributed by atoms with E-state index in [0.29, 0.717) is 5.41 Å². The molecule has 1 unspecified atom stereocenters. The molecular weight excluding hydrogens is 240 g/mol. The molecule has 0 saturated heterocycles. The Labute approximate surface area is 125 Å². The van der Waals surface area contributed by atoms with E-state index >= 15 is 0 Å². The highest BCUT2D eigenvalue weighted by Gasteiger charge is 2.49. The molecule has 4 rings (SSSR count). The Morgan fingerprint density at radius 2 is 1.80 bits per heavy atom. The fourth-order valence-corrected chi connectivity index (χ4v) is 5.51. The Bertz CT molecular complexity index is 461. The zero-order valence-electron chi connectivity index (χ0n) is 13.5. The van der Waals surface area contributed by atoms with Crippen LogP contribution < -0.4 is 0 Å². The molecule has 110 valence electrons. The number of benzene rings is 1. The number of fused-ring (bicyclic) bond motifs is 5. The van der Waals surface area contributed by atoms with E-state index < -0.39 is 0 Å². The van der Waals surface area contributed by atoms with Gasteiger partial charge in [0.1, 0.15) is 0 Å². The summed E-state index contributed by atoms with van der Waals surface area (Å²) in [6, 6.07) is 9.27. The molecule has 1 aromatic carbocycles. The molecule has 0 nitrogen and oxygen atoms in total. The topological polar surface area (TPSA) is 0 Å². The smallest absolute Gasteiger partial charge is 0.0128 e. The predicted molar refractivity (Wildman–Crippen MR) is 87.0 cm³/mol. The van der Waals surface area contributed by atoms with Gasteiger partial charge in [0.25, 0.3) is 0 Å². The van der Waals surface area contributed by atoms with Gasteiger partial charge in [0, 0.05) is 0 Å². The molecule has 0 N–H and O–H groups in total. The molecule has 20 heavy (non-hydrogen) atoms. The zero-order chi connectivity index (χ0) is 14.2. The molecule has 2 fully saturated rings. The quantitative estimate of drug-likeness (QED) is 0.545. The van der Waals surface area contributed by atoms with Crippen LogP contribution in [-0.2, 0) is 6.42 Å². The SMILES string of the molecule is CC.C[C@]12CCC[C@@H]1C1CCc3ccccc3[C@@H]1CC2. The Morgan fingerprint density at radius 1 is 1.00 bits per heavy atom. The lowest BCUT2D eigenvalue weighted by atomic mass is 9.56. The van der Waals surface area contributed by atoms with E-state index in [1.54, 1.807) is 11.1 Å². The van der Waals surface area contributed by atoms with Gasteiger partial charge in [-0.3, -0.25) is 0 Å². The van der Waals surface area contributed by atoms with Crippen LogP contribution in [0.3, 0.4) is 0 Å². The summed E-state index contributed by atoms with van der Waals surface area (Å²) in [7, 11) is 0. The molecule has 2 saturated carbocycles. The van der Waals surface area contributed by atoms with Crippen molar-refractivity contribution in [2.24, 2.45) is 17.3 Å². The monoisotopic (exact) mass is 270 g/mol. The molecule has 0 aromatic heterocycles. The minimum Gasteiger partial charge on any atom is -0.0683 e. The van der Waals surface area contributed by atoms with Crippen molar-refractivity contribution in [3.8, 4) is 0 Å². The summed E-state index contributed by atoms with van der Waals surface area (Å²) in [6.45, 7) is 6.58. The van der Waals surface area contributed by atoms with Gasteiger partial charge >= 0.3 is 0 Å². The summed E-state index contributed by atoms with van der Waals surface area (Å²) in [5.41, 5.74) is 4.07. The van der Waals surface area contributed by atoms with Gasteiger partial charge in [-0.15, -0.1) is 0 Å². The average Bonchev–Trinajstić information content (AvgIpc) is 2.91. The summed E-state index contributed by atoms with van der Waals surface area (Å²) >= 11 is 0. The second-order valence-corrected chi connectivity index (χ2v) is 7.20. The zero-order valence-corrected chi connectivity index (χ0v) is 13.5. The molecular formula is C20H30. The maximum absolute atomic E-state index is 2.58. The van der Waals surface area contributed by atoms with Gasteiger partial charge in [-0.05, 0) is 72.8 Å². The maximum Gasteiger partial charge on any atom is -0.0128 e. The number of hydrogen-bond donors (Lipinski definition) is 0. The van der Waals surface area contributed by atoms with Gasteiger partial charge in [0.05, 0.1) is 0 Å². The fraction of sp³-hybridized carbons (Fsp3) is 0.700. The van der Waals surface area contributed by atoms with E-state index in [1.165, 1.54) is 44.9 Å². The summed E-state index contributed by atoms with van der Waals surface area (Å²) in [6.07, 6.45) is 10.2. The van der Waals surface area contributed by atoms with Crippen molar-refractivity contribution in [1.29, 1.82) is 0 Å². The third-order valence-corrected chi connectivity index (χ3v) is 6.42. The number of aryl methyl sites for hydroxylation is 1. The standard InChI is InChI=1S/C18H24.C2H6/c1-18-11-4-7-17(18)16-9-8-13-5-2-3-6-14(13)15(16)10-12-18;1-2/h2-3,5-6,15-17H,4,7-12H2,1H3;1-2H3/t15-,16?,17+,18+;/m0./s1. The van der Waals surface area contributed by atoms with Crippen molar-refractivity contribution in [1.82, 2.24) is 0 Å². The van der Waals surface area contributed by atoms with Gasteiger partial charge in [0.15, 0.2) is 0 Å². The fourth-order valence-electron chi connectivity index (χ4n) is 5.51. The van der Waals surface area contributed by atoms with Crippen molar-refractivity contribution in [2.45, 2.75) is 71.6 Å². The lowest BCUT2D eigenvalue weighted by molar-refractivity contribution is 0.0598. The molecule has 0 heterocycles. The minimum absolute atomic E-state index is 0.702. The van der Waals surface area contributed by atoms with Crippen LogP contribution in [0.15, 0.2) is 24.3 Å². The normalized spacial score (nSPS) is 38.0. The van der Waals surface area contributed by atoms with Crippen LogP contribution in [0.4, 0.5) is 0 Å². The van der Waals surface area contributed by atoms with E-state index in [2.05, 4.69) is 31.2 Å². The molecule has 3 aliphatic rings. The summed E-state index contributed by atoms with van der Waals surface area (Å²) < 4.78 is 0. The van der Waals surface area contributed by atoms with Crippen LogP contribution in [0, 0.1) is 17.3 Å². The van der Waals surface area contributed by atoms with Crippen LogP contribution in [0.2, 0.25) is 0 Å². The largest absolute Gasteiger partial charge is 0.0683 e. The van der Waals surface area contributed by atoms with Gasteiger partial charge in [0.2, 0.25) is 0 Å². The lowest BCUT2D eigenvalue weighted by Gasteiger charge is -2.49. The van der Waals surface area contributed by atoms with E-state index in [0.717, 1.165) is 17.8 Å². The first-order valence-electron chi connectivity index (χ1n) is 8.86. The Hall–Kier alpha value is -0.780. The van der Waals surface area contributed by atoms with Crippen LogP contribution in [0.25, 0.3) is 0 Å². The second-order valence-electron chi connectivity index (χ2n) is 7.20. The summed E-state index contributed by atoms with van der Waals surface area (Å²) in [5.74, 6) is 2.93. The van der Waals surface area contributed by atoms with E-state index in [1.807, 2.05) is 13.8 Å². The van der Waals surface area contributed by atoms with Crippen molar-refractivity contribution < 1.29 is 0 Å². The van der Waals surface area contributed by atoms with E-state index in [9.17, 15) is 0 Å². The second kappa shape index (κ2) is 5.54. The first-order valence-corrected chi connectivity index (χ1v) is 8.86. The van der Waals surface area contributed by atoms with Crippen LogP contribution in [0.1, 0.15) is 76.3 Å². The van der Waals surface area contributed by atoms with Crippen molar-refractivity contribution >= 4 is 0 Å². The van der Waals surface area contributed by atoms with E-state index in [4.69, 9.17) is 0 Å². The molecule has 4 atom stereocenters.